The third-order valence-corrected chi connectivity index (χ3v) is 10.3. The molecule has 0 spiro atoms. The highest BCUT2D eigenvalue weighted by atomic mass is 16.2. The fraction of sp³-hybridized carbons (Fsp3) is 0.441. The molecule has 3 saturated heterocycles. The smallest absolute Gasteiger partial charge is 0.255 e. The number of nitrogens with zero attached hydrogens (tertiary/aromatic N) is 5. The Balaban J connectivity index is 1.06. The summed E-state index contributed by atoms with van der Waals surface area (Å²) in [7, 11) is 0. The number of amides is 1. The first-order valence-electron chi connectivity index (χ1n) is 15.3. The number of pyridine rings is 1. The number of hydrogen-bond acceptors (Lipinski definition) is 5. The molecule has 1 amide bonds. The number of fused-ring (bicyclic) bond motifs is 3. The Morgan fingerprint density at radius 3 is 2.34 bits per heavy atom. The van der Waals surface area contributed by atoms with Gasteiger partial charge >= 0.3 is 0 Å². The molecule has 41 heavy (non-hydrogen) atoms. The van der Waals surface area contributed by atoms with E-state index in [-0.39, 0.29) is 11.3 Å². The molecule has 2 bridgehead atoms. The van der Waals surface area contributed by atoms with Gasteiger partial charge in [0.15, 0.2) is 0 Å². The number of imidazole rings is 1. The molecular weight excluding hydrogens is 508 g/mol. The van der Waals surface area contributed by atoms with Gasteiger partial charge < -0.3 is 15.2 Å². The van der Waals surface area contributed by atoms with Gasteiger partial charge in [0, 0.05) is 37.4 Å². The van der Waals surface area contributed by atoms with E-state index >= 15 is 0 Å². The van der Waals surface area contributed by atoms with E-state index in [9.17, 15) is 4.79 Å². The Labute approximate surface area is 242 Å². The van der Waals surface area contributed by atoms with Crippen LogP contribution in [0.25, 0.3) is 11.0 Å². The first-order chi connectivity index (χ1) is 20.0. The summed E-state index contributed by atoms with van der Waals surface area (Å²) >= 11 is 0. The molecule has 0 radical (unpaired) electrons. The van der Waals surface area contributed by atoms with Gasteiger partial charge in [-0.25, -0.2) is 9.97 Å². The van der Waals surface area contributed by atoms with Crippen LogP contribution in [0.5, 0.6) is 0 Å². The molecule has 0 saturated carbocycles. The third kappa shape index (κ3) is 4.80. The summed E-state index contributed by atoms with van der Waals surface area (Å²) in [5.74, 6) is 1.64. The fourth-order valence-corrected chi connectivity index (χ4v) is 8.12. The van der Waals surface area contributed by atoms with Crippen LogP contribution in [0, 0.1) is 6.92 Å². The summed E-state index contributed by atoms with van der Waals surface area (Å²) in [4.78, 5) is 27.1. The molecule has 212 valence electrons. The molecule has 5 heterocycles. The average Bonchev–Trinajstić information content (AvgIpc) is 3.47. The van der Waals surface area contributed by atoms with Crippen molar-refractivity contribution in [1.29, 1.82) is 0 Å². The van der Waals surface area contributed by atoms with E-state index in [4.69, 9.17) is 10.7 Å². The summed E-state index contributed by atoms with van der Waals surface area (Å²) in [6.07, 6.45) is 9.69. The molecule has 3 aliphatic rings. The van der Waals surface area contributed by atoms with Crippen molar-refractivity contribution in [2.45, 2.75) is 75.4 Å². The van der Waals surface area contributed by atoms with Gasteiger partial charge in [-0.3, -0.25) is 9.69 Å². The van der Waals surface area contributed by atoms with Crippen molar-refractivity contribution in [3.63, 3.8) is 0 Å². The third-order valence-electron chi connectivity index (χ3n) is 10.3. The van der Waals surface area contributed by atoms with E-state index < -0.39 is 0 Å². The lowest BCUT2D eigenvalue weighted by molar-refractivity contribution is 0.0606. The molecule has 7 heteroatoms. The van der Waals surface area contributed by atoms with Crippen LogP contribution < -0.4 is 5.73 Å². The molecule has 7 rings (SSSR count). The first kappa shape index (κ1) is 26.2. The molecule has 4 aromatic rings. The lowest BCUT2D eigenvalue weighted by Gasteiger charge is -2.45. The maximum absolute atomic E-state index is 13.2. The van der Waals surface area contributed by atoms with Gasteiger partial charge in [0.05, 0.1) is 16.6 Å². The number of nitrogens with two attached hydrogens (primary N) is 1. The SMILES string of the molecule is Cc1nc2ccccc2n1C1CC2CCC(C1)N2CCC1(c2ccccc2)CCN(C(=O)c2ccc(N)nc2)CC1. The predicted octanol–water partition coefficient (Wildman–Crippen LogP) is 5.75. The molecule has 2 atom stereocenters. The molecule has 2 unspecified atom stereocenters. The predicted molar refractivity (Wildman–Crippen MR) is 163 cm³/mol. The van der Waals surface area contributed by atoms with Crippen LogP contribution in [0.4, 0.5) is 5.82 Å². The monoisotopic (exact) mass is 548 g/mol. The zero-order valence-electron chi connectivity index (χ0n) is 24.0. The van der Waals surface area contributed by atoms with Crippen molar-refractivity contribution in [2.75, 3.05) is 25.4 Å². The van der Waals surface area contributed by atoms with Crippen molar-refractivity contribution in [2.24, 2.45) is 0 Å². The number of benzene rings is 2. The summed E-state index contributed by atoms with van der Waals surface area (Å²) in [5, 5.41) is 0. The van der Waals surface area contributed by atoms with Crippen LogP contribution in [-0.4, -0.2) is 62.0 Å². The second kappa shape index (κ2) is 10.6. The summed E-state index contributed by atoms with van der Waals surface area (Å²) in [6, 6.07) is 24.9. The number of carbonyl (C=O) groups excluding carboxylic acids is 1. The maximum Gasteiger partial charge on any atom is 0.255 e. The van der Waals surface area contributed by atoms with Crippen LogP contribution >= 0.6 is 0 Å². The average molecular weight is 549 g/mol. The Kier molecular flexibility index (Phi) is 6.78. The number of aryl methyl sites for hydroxylation is 1. The molecule has 2 aromatic heterocycles. The van der Waals surface area contributed by atoms with Crippen LogP contribution in [0.3, 0.4) is 0 Å². The van der Waals surface area contributed by atoms with Crippen molar-refractivity contribution in [1.82, 2.24) is 24.3 Å². The standard InChI is InChI=1S/C34H40N6O/c1-24-37-30-9-5-6-10-31(30)40(24)29-21-27-12-13-28(22-29)39(27)20-17-34(26-7-3-2-4-8-26)15-18-38(19-16-34)33(41)25-11-14-32(35)36-23-25/h2-11,14,23,27-29H,12-13,15-22H2,1H3,(H2,35,36). The molecule has 7 nitrogen and oxygen atoms in total. The lowest BCUT2D eigenvalue weighted by Crippen LogP contribution is -2.49. The van der Waals surface area contributed by atoms with E-state index in [0.717, 1.165) is 50.2 Å². The molecule has 2 N–H and O–H groups in total. The molecule has 3 fully saturated rings. The van der Waals surface area contributed by atoms with Gasteiger partial charge in [-0.1, -0.05) is 42.5 Å². The maximum atomic E-state index is 13.2. The first-order valence-corrected chi connectivity index (χ1v) is 15.3. The van der Waals surface area contributed by atoms with E-state index in [1.807, 2.05) is 4.90 Å². The number of likely N-dealkylation sites (tertiary alicyclic amines) is 1. The summed E-state index contributed by atoms with van der Waals surface area (Å²) in [5.41, 5.74) is 10.3. The van der Waals surface area contributed by atoms with E-state index in [1.165, 1.54) is 36.8 Å². The van der Waals surface area contributed by atoms with Crippen molar-refractivity contribution in [3.8, 4) is 0 Å². The molecular formula is C34H40N6O. The second-order valence-electron chi connectivity index (χ2n) is 12.4. The van der Waals surface area contributed by atoms with Gasteiger partial charge in [0.25, 0.3) is 5.91 Å². The van der Waals surface area contributed by atoms with Gasteiger partial charge in [-0.15, -0.1) is 0 Å². The number of hydrogen-bond donors (Lipinski definition) is 1. The molecule has 3 aliphatic heterocycles. The minimum atomic E-state index is 0.0570. The van der Waals surface area contributed by atoms with Crippen LogP contribution in [0.2, 0.25) is 0 Å². The zero-order valence-corrected chi connectivity index (χ0v) is 24.0. The molecule has 2 aromatic carbocycles. The number of anilines is 1. The molecule has 0 aliphatic carbocycles. The zero-order chi connectivity index (χ0) is 28.0. The number of piperidine rings is 2. The fourth-order valence-electron chi connectivity index (χ4n) is 8.12. The Hall–Kier alpha value is -3.71. The van der Waals surface area contributed by atoms with Gasteiger partial charge in [0.2, 0.25) is 0 Å². The van der Waals surface area contributed by atoms with Crippen molar-refractivity contribution >= 4 is 22.8 Å². The van der Waals surface area contributed by atoms with Crippen molar-refractivity contribution in [3.05, 3.63) is 89.9 Å². The Morgan fingerprint density at radius 2 is 1.63 bits per heavy atom. The summed E-state index contributed by atoms with van der Waals surface area (Å²) < 4.78 is 2.52. The Morgan fingerprint density at radius 1 is 0.927 bits per heavy atom. The second-order valence-corrected chi connectivity index (χ2v) is 12.4. The van der Waals surface area contributed by atoms with Gasteiger partial charge in [-0.2, -0.15) is 0 Å². The van der Waals surface area contributed by atoms with Gasteiger partial charge in [0.1, 0.15) is 11.6 Å². The van der Waals surface area contributed by atoms with Crippen LogP contribution in [0.15, 0.2) is 72.9 Å². The number of aromatic nitrogens is 3. The van der Waals surface area contributed by atoms with Crippen molar-refractivity contribution < 1.29 is 4.79 Å². The van der Waals surface area contributed by atoms with E-state index in [1.54, 1.807) is 18.3 Å². The number of para-hydroxylation sites is 2. The summed E-state index contributed by atoms with van der Waals surface area (Å²) in [6.45, 7) is 4.81. The van der Waals surface area contributed by atoms with E-state index in [2.05, 4.69) is 76.0 Å². The topological polar surface area (TPSA) is 80.3 Å². The quantitative estimate of drug-likeness (QED) is 0.332. The normalized spacial score (nSPS) is 24.1. The number of carbonyl (C=O) groups is 1. The van der Waals surface area contributed by atoms with Gasteiger partial charge in [-0.05, 0) is 93.7 Å². The Bertz CT molecular complexity index is 1510. The minimum absolute atomic E-state index is 0.0570. The minimum Gasteiger partial charge on any atom is -0.384 e. The van der Waals surface area contributed by atoms with E-state index in [0.29, 0.717) is 29.5 Å². The largest absolute Gasteiger partial charge is 0.384 e. The highest BCUT2D eigenvalue weighted by Crippen LogP contribution is 2.45. The van der Waals surface area contributed by atoms with Crippen LogP contribution in [-0.2, 0) is 5.41 Å². The number of rotatable bonds is 6. The number of nitrogen functional groups attached to an aromatic ring is 1. The highest BCUT2D eigenvalue weighted by Gasteiger charge is 2.44. The van der Waals surface area contributed by atoms with Crippen LogP contribution in [0.1, 0.15) is 72.7 Å². The highest BCUT2D eigenvalue weighted by molar-refractivity contribution is 5.94. The lowest BCUT2D eigenvalue weighted by atomic mass is 9.70.